The normalized spacial score (nSPS) is 16.5. The third-order valence-electron chi connectivity index (χ3n) is 6.99. The van der Waals surface area contributed by atoms with Crippen molar-refractivity contribution >= 4 is 38.2 Å². The predicted molar refractivity (Wildman–Crippen MR) is 171 cm³/mol. The highest BCUT2D eigenvalue weighted by Crippen LogP contribution is 2.41. The summed E-state index contributed by atoms with van der Waals surface area (Å²) in [6.45, 7) is 10.0. The largest absolute Gasteiger partial charge is 0.490 e. The molecule has 7 heteroatoms. The molecular weight excluding hydrogens is 553 g/mol. The average molecular weight is 591 g/mol. The molecule has 1 aromatic heterocycles. The molecular formula is C34H38O5S2. The Kier molecular flexibility index (Phi) is 10.8. The van der Waals surface area contributed by atoms with E-state index in [2.05, 4.69) is 56.8 Å². The Morgan fingerprint density at radius 2 is 1.68 bits per heavy atom. The van der Waals surface area contributed by atoms with Crippen molar-refractivity contribution in [3.8, 4) is 22.6 Å². The number of carboxylic acids is 1. The minimum Gasteiger partial charge on any atom is -0.490 e. The summed E-state index contributed by atoms with van der Waals surface area (Å²) in [5.41, 5.74) is 5.72. The van der Waals surface area contributed by atoms with Gasteiger partial charge in [0, 0.05) is 49.3 Å². The highest BCUT2D eigenvalue weighted by atomic mass is 32.2. The van der Waals surface area contributed by atoms with Gasteiger partial charge < -0.3 is 14.6 Å². The second kappa shape index (κ2) is 14.5. The lowest BCUT2D eigenvalue weighted by atomic mass is 9.97. The quantitative estimate of drug-likeness (QED) is 0.199. The van der Waals surface area contributed by atoms with Gasteiger partial charge in [0.05, 0.1) is 0 Å². The van der Waals surface area contributed by atoms with Gasteiger partial charge in [0.15, 0.2) is 0 Å². The van der Waals surface area contributed by atoms with E-state index in [-0.39, 0.29) is 12.5 Å². The lowest BCUT2D eigenvalue weighted by Gasteiger charge is -2.23. The van der Waals surface area contributed by atoms with E-state index in [0.717, 1.165) is 47.0 Å². The van der Waals surface area contributed by atoms with Crippen molar-refractivity contribution in [3.05, 3.63) is 94.9 Å². The number of hydrogen-bond acceptors (Lipinski definition) is 5. The van der Waals surface area contributed by atoms with Crippen LogP contribution in [0.25, 0.3) is 21.2 Å². The molecule has 0 atom stereocenters. The van der Waals surface area contributed by atoms with Gasteiger partial charge in [0.1, 0.15) is 24.2 Å². The van der Waals surface area contributed by atoms with E-state index in [1.54, 1.807) is 17.4 Å². The number of ether oxygens (including phenoxy) is 2. The first kappa shape index (κ1) is 30.5. The smallest absolute Gasteiger partial charge is 0.303 e. The Morgan fingerprint density at radius 3 is 2.34 bits per heavy atom. The van der Waals surface area contributed by atoms with Gasteiger partial charge in [0.2, 0.25) is 0 Å². The molecule has 5 rings (SSSR count). The van der Waals surface area contributed by atoms with Crippen molar-refractivity contribution in [3.63, 3.8) is 0 Å². The average Bonchev–Trinajstić information content (AvgIpc) is 3.28. The fraction of sp³-hybridized carbons (Fsp3) is 0.324. The number of carboxylic acid groups (broad SMARTS) is 1. The third kappa shape index (κ3) is 8.30. The SMILES string of the molecule is C=CC.Cc1cc(OC2CCS(=O)CC2)ccc1-c1c(C)sc2ccc(COc3ccc(CCC(=O)O)cc3)cc12. The Bertz CT molecular complexity index is 1510. The van der Waals surface area contributed by atoms with Crippen LogP contribution in [0.3, 0.4) is 0 Å². The van der Waals surface area contributed by atoms with Crippen molar-refractivity contribution in [2.45, 2.75) is 59.2 Å². The van der Waals surface area contributed by atoms with Crippen LogP contribution < -0.4 is 9.47 Å². The van der Waals surface area contributed by atoms with E-state index in [9.17, 15) is 9.00 Å². The lowest BCUT2D eigenvalue weighted by molar-refractivity contribution is -0.136. The van der Waals surface area contributed by atoms with Crippen molar-refractivity contribution in [1.82, 2.24) is 0 Å². The minimum atomic E-state index is -0.789. The summed E-state index contributed by atoms with van der Waals surface area (Å²) < 4.78 is 25.2. The van der Waals surface area contributed by atoms with Gasteiger partial charge in [-0.2, -0.15) is 0 Å². The molecule has 0 amide bonds. The number of hydrogen-bond donors (Lipinski definition) is 1. The summed E-state index contributed by atoms with van der Waals surface area (Å²) in [4.78, 5) is 12.1. The van der Waals surface area contributed by atoms with Gasteiger partial charge in [-0.25, -0.2) is 0 Å². The zero-order valence-corrected chi connectivity index (χ0v) is 25.6. The van der Waals surface area contributed by atoms with Crippen LogP contribution in [0.2, 0.25) is 0 Å². The molecule has 1 fully saturated rings. The Balaban J connectivity index is 0.00000124. The van der Waals surface area contributed by atoms with E-state index >= 15 is 0 Å². The molecule has 1 aliphatic rings. The maximum atomic E-state index is 11.7. The number of benzene rings is 3. The Labute approximate surface area is 249 Å². The first-order valence-electron chi connectivity index (χ1n) is 13.9. The summed E-state index contributed by atoms with van der Waals surface area (Å²) in [6, 6.07) is 20.5. The topological polar surface area (TPSA) is 72.8 Å². The summed E-state index contributed by atoms with van der Waals surface area (Å²) in [7, 11) is -0.687. The van der Waals surface area contributed by atoms with Crippen LogP contribution in [0, 0.1) is 13.8 Å². The zero-order valence-electron chi connectivity index (χ0n) is 24.0. The molecule has 0 aliphatic carbocycles. The first-order valence-corrected chi connectivity index (χ1v) is 16.2. The highest BCUT2D eigenvalue weighted by molar-refractivity contribution is 7.85. The monoisotopic (exact) mass is 590 g/mol. The molecule has 216 valence electrons. The lowest BCUT2D eigenvalue weighted by Crippen LogP contribution is -2.27. The number of aryl methyl sites for hydroxylation is 3. The van der Waals surface area contributed by atoms with Crippen molar-refractivity contribution in [2.24, 2.45) is 0 Å². The van der Waals surface area contributed by atoms with E-state index < -0.39 is 16.8 Å². The zero-order chi connectivity index (χ0) is 29.4. The Morgan fingerprint density at radius 1 is 1.02 bits per heavy atom. The number of rotatable bonds is 9. The van der Waals surface area contributed by atoms with Crippen LogP contribution in [0.5, 0.6) is 11.5 Å². The first-order chi connectivity index (χ1) is 19.8. The van der Waals surface area contributed by atoms with Gasteiger partial charge in [-0.15, -0.1) is 17.9 Å². The molecule has 0 spiro atoms. The molecule has 3 aromatic carbocycles. The molecule has 0 radical (unpaired) electrons. The van der Waals surface area contributed by atoms with Gasteiger partial charge >= 0.3 is 5.97 Å². The maximum Gasteiger partial charge on any atom is 0.303 e. The third-order valence-corrected chi connectivity index (χ3v) is 9.46. The highest BCUT2D eigenvalue weighted by Gasteiger charge is 2.20. The molecule has 0 saturated carbocycles. The van der Waals surface area contributed by atoms with E-state index in [4.69, 9.17) is 14.6 Å². The molecule has 1 N–H and O–H groups in total. The second-order valence-corrected chi connectivity index (χ2v) is 13.2. The van der Waals surface area contributed by atoms with Crippen LogP contribution in [-0.2, 0) is 28.6 Å². The van der Waals surface area contributed by atoms with Gasteiger partial charge in [-0.05, 0) is 98.7 Å². The molecule has 1 aliphatic heterocycles. The van der Waals surface area contributed by atoms with Crippen molar-refractivity contribution in [1.29, 1.82) is 0 Å². The molecule has 1 saturated heterocycles. The molecule has 4 aromatic rings. The van der Waals surface area contributed by atoms with E-state index in [1.165, 1.54) is 31.7 Å². The number of carbonyl (C=O) groups is 1. The molecule has 5 nitrogen and oxygen atoms in total. The maximum absolute atomic E-state index is 11.7. The second-order valence-electron chi connectivity index (χ2n) is 10.2. The van der Waals surface area contributed by atoms with E-state index in [1.807, 2.05) is 31.2 Å². The van der Waals surface area contributed by atoms with E-state index in [0.29, 0.717) is 13.0 Å². The van der Waals surface area contributed by atoms with Gasteiger partial charge in [-0.3, -0.25) is 9.00 Å². The number of allylic oxidation sites excluding steroid dienone is 1. The Hall–Kier alpha value is -3.42. The molecule has 2 heterocycles. The molecule has 0 bridgehead atoms. The summed E-state index contributed by atoms with van der Waals surface area (Å²) in [6.07, 6.45) is 4.23. The van der Waals surface area contributed by atoms with Crippen LogP contribution in [0.1, 0.15) is 47.8 Å². The molecule has 0 unspecified atom stereocenters. The van der Waals surface area contributed by atoms with Crippen LogP contribution >= 0.6 is 11.3 Å². The molecule has 41 heavy (non-hydrogen) atoms. The number of fused-ring (bicyclic) bond motifs is 1. The summed E-state index contributed by atoms with van der Waals surface area (Å²) in [5.74, 6) is 2.31. The van der Waals surface area contributed by atoms with Gasteiger partial charge in [0.25, 0.3) is 0 Å². The standard InChI is InChI=1S/C31H32O5S2.C3H6/c1-20-17-26(36-25-13-15-38(34)16-14-25)9-10-27(20)31-21(2)37-29-11-5-23(18-28(29)31)19-35-24-7-3-22(4-8-24)6-12-30(32)33;1-3-2/h3-5,7-11,17-18,25H,6,12-16,19H2,1-2H3,(H,32,33);3H,1H2,2H3. The number of aliphatic carboxylic acids is 1. The van der Waals surface area contributed by atoms with Crippen molar-refractivity contribution in [2.75, 3.05) is 11.5 Å². The summed E-state index contributed by atoms with van der Waals surface area (Å²) >= 11 is 1.80. The van der Waals surface area contributed by atoms with Crippen molar-refractivity contribution < 1.29 is 23.6 Å². The number of thiophene rings is 1. The van der Waals surface area contributed by atoms with Crippen LogP contribution in [0.15, 0.2) is 73.3 Å². The fourth-order valence-electron chi connectivity index (χ4n) is 4.93. The van der Waals surface area contributed by atoms with Crippen LogP contribution in [-0.4, -0.2) is 32.9 Å². The van der Waals surface area contributed by atoms with Crippen LogP contribution in [0.4, 0.5) is 0 Å². The summed E-state index contributed by atoms with van der Waals surface area (Å²) in [5, 5.41) is 10.1. The fourth-order valence-corrected chi connectivity index (χ4v) is 7.25. The predicted octanol–water partition coefficient (Wildman–Crippen LogP) is 8.26. The minimum absolute atomic E-state index is 0.127. The van der Waals surface area contributed by atoms with Gasteiger partial charge in [-0.1, -0.05) is 30.3 Å².